The molecule has 0 heterocycles. The highest BCUT2D eigenvalue weighted by Crippen LogP contribution is 2.30. The Balaban J connectivity index is 2.44. The van der Waals surface area contributed by atoms with Crippen molar-refractivity contribution in [2.45, 2.75) is 13.0 Å². The predicted octanol–water partition coefficient (Wildman–Crippen LogP) is 4.43. The minimum atomic E-state index is -0.316. The quantitative estimate of drug-likeness (QED) is 0.864. The van der Waals surface area contributed by atoms with Crippen molar-refractivity contribution < 1.29 is 4.39 Å². The molecule has 2 aromatic carbocycles. The highest BCUT2D eigenvalue weighted by molar-refractivity contribution is 6.33. The molecule has 0 spiro atoms. The second kappa shape index (κ2) is 5.51. The van der Waals surface area contributed by atoms with E-state index in [0.717, 1.165) is 11.1 Å². The van der Waals surface area contributed by atoms with Crippen LogP contribution in [0.1, 0.15) is 18.5 Å². The summed E-state index contributed by atoms with van der Waals surface area (Å²) in [5, 5.41) is 3.63. The van der Waals surface area contributed by atoms with Crippen LogP contribution in [0.3, 0.4) is 0 Å². The van der Waals surface area contributed by atoms with Crippen LogP contribution in [0.5, 0.6) is 0 Å². The van der Waals surface area contributed by atoms with E-state index in [4.69, 9.17) is 11.6 Å². The summed E-state index contributed by atoms with van der Waals surface area (Å²) in [5.74, 6) is -0.316. The van der Waals surface area contributed by atoms with Crippen LogP contribution < -0.4 is 5.32 Å². The van der Waals surface area contributed by atoms with Gasteiger partial charge in [0.25, 0.3) is 0 Å². The number of nitrogens with one attached hydrogen (secondary N) is 1. The van der Waals surface area contributed by atoms with Crippen molar-refractivity contribution >= 4 is 11.6 Å². The number of halogens is 2. The monoisotopic (exact) mass is 263 g/mol. The van der Waals surface area contributed by atoms with Crippen molar-refractivity contribution in [2.75, 3.05) is 7.05 Å². The molecule has 18 heavy (non-hydrogen) atoms. The number of rotatable bonds is 3. The molecule has 0 bridgehead atoms. The van der Waals surface area contributed by atoms with E-state index >= 15 is 0 Å². The fourth-order valence-electron chi connectivity index (χ4n) is 1.87. The second-order valence-electron chi connectivity index (χ2n) is 4.26. The molecule has 2 rings (SSSR count). The summed E-state index contributed by atoms with van der Waals surface area (Å²) >= 11 is 6.07. The fourth-order valence-corrected chi connectivity index (χ4v) is 2.14. The molecular formula is C15H15ClFN. The lowest BCUT2D eigenvalue weighted by atomic mass is 10.00. The van der Waals surface area contributed by atoms with Gasteiger partial charge in [0.05, 0.1) is 5.02 Å². The number of hydrogen-bond donors (Lipinski definition) is 1. The Hall–Kier alpha value is -1.38. The third kappa shape index (κ3) is 2.71. The molecule has 0 aromatic heterocycles. The van der Waals surface area contributed by atoms with Crippen LogP contribution in [0, 0.1) is 5.82 Å². The van der Waals surface area contributed by atoms with Gasteiger partial charge in [-0.25, -0.2) is 4.39 Å². The Labute approximate surface area is 112 Å². The van der Waals surface area contributed by atoms with Crippen molar-refractivity contribution in [2.24, 2.45) is 0 Å². The molecule has 0 aliphatic rings. The van der Waals surface area contributed by atoms with Gasteiger partial charge in [-0.3, -0.25) is 0 Å². The normalized spacial score (nSPS) is 12.4. The van der Waals surface area contributed by atoms with E-state index in [1.54, 1.807) is 6.07 Å². The van der Waals surface area contributed by atoms with Gasteiger partial charge < -0.3 is 5.32 Å². The Morgan fingerprint density at radius 3 is 2.61 bits per heavy atom. The molecule has 0 amide bonds. The Morgan fingerprint density at radius 1 is 1.17 bits per heavy atom. The van der Waals surface area contributed by atoms with Gasteiger partial charge in [0.1, 0.15) is 5.82 Å². The zero-order valence-electron chi connectivity index (χ0n) is 10.4. The summed E-state index contributed by atoms with van der Waals surface area (Å²) in [6, 6.07) is 12.8. The van der Waals surface area contributed by atoms with E-state index in [1.165, 1.54) is 17.7 Å². The number of benzene rings is 2. The first-order valence-corrected chi connectivity index (χ1v) is 6.22. The predicted molar refractivity (Wildman–Crippen MR) is 74.3 cm³/mol. The van der Waals surface area contributed by atoms with Crippen LogP contribution in [0.25, 0.3) is 11.1 Å². The summed E-state index contributed by atoms with van der Waals surface area (Å²) in [5.41, 5.74) is 3.03. The topological polar surface area (TPSA) is 12.0 Å². The van der Waals surface area contributed by atoms with Crippen LogP contribution in [0.15, 0.2) is 42.5 Å². The maximum absolute atomic E-state index is 13.0. The molecule has 3 heteroatoms. The molecule has 0 saturated heterocycles. The SMILES string of the molecule is CNC(C)c1cccc(-c2ccc(F)cc2Cl)c1. The maximum Gasteiger partial charge on any atom is 0.124 e. The minimum Gasteiger partial charge on any atom is -0.313 e. The first kappa shape index (κ1) is 13.1. The maximum atomic E-state index is 13.0. The molecule has 0 radical (unpaired) electrons. The van der Waals surface area contributed by atoms with E-state index in [0.29, 0.717) is 5.02 Å². The third-order valence-electron chi connectivity index (χ3n) is 3.06. The summed E-state index contributed by atoms with van der Waals surface area (Å²) in [7, 11) is 1.92. The van der Waals surface area contributed by atoms with Gasteiger partial charge in [0.2, 0.25) is 0 Å². The first-order chi connectivity index (χ1) is 8.61. The van der Waals surface area contributed by atoms with Gasteiger partial charge in [0, 0.05) is 11.6 Å². The molecule has 1 N–H and O–H groups in total. The molecule has 0 aliphatic carbocycles. The van der Waals surface area contributed by atoms with E-state index < -0.39 is 0 Å². The van der Waals surface area contributed by atoms with E-state index in [9.17, 15) is 4.39 Å². The molecule has 0 saturated carbocycles. The second-order valence-corrected chi connectivity index (χ2v) is 4.67. The highest BCUT2D eigenvalue weighted by Gasteiger charge is 2.07. The Kier molecular flexibility index (Phi) is 4.00. The summed E-state index contributed by atoms with van der Waals surface area (Å²) in [6.45, 7) is 2.09. The van der Waals surface area contributed by atoms with Crippen LogP contribution in [0.4, 0.5) is 4.39 Å². The molecule has 94 valence electrons. The van der Waals surface area contributed by atoms with E-state index in [-0.39, 0.29) is 11.9 Å². The average Bonchev–Trinajstić information content (AvgIpc) is 2.38. The van der Waals surface area contributed by atoms with Crippen molar-refractivity contribution in [3.05, 3.63) is 58.9 Å². The standard InChI is InChI=1S/C15H15ClFN/c1-10(18-2)11-4-3-5-12(8-11)14-7-6-13(17)9-15(14)16/h3-10,18H,1-2H3. The Morgan fingerprint density at radius 2 is 1.94 bits per heavy atom. The van der Waals surface area contributed by atoms with Crippen LogP contribution in [-0.2, 0) is 0 Å². The van der Waals surface area contributed by atoms with E-state index in [2.05, 4.69) is 24.4 Å². The summed E-state index contributed by atoms with van der Waals surface area (Å²) < 4.78 is 13.0. The van der Waals surface area contributed by atoms with Crippen LogP contribution >= 0.6 is 11.6 Å². The Bertz CT molecular complexity index is 554. The van der Waals surface area contributed by atoms with Gasteiger partial charge >= 0.3 is 0 Å². The molecule has 0 aliphatic heterocycles. The fraction of sp³-hybridized carbons (Fsp3) is 0.200. The molecule has 1 nitrogen and oxygen atoms in total. The van der Waals surface area contributed by atoms with Crippen LogP contribution in [-0.4, -0.2) is 7.05 Å². The lowest BCUT2D eigenvalue weighted by Crippen LogP contribution is -2.12. The largest absolute Gasteiger partial charge is 0.313 e. The van der Waals surface area contributed by atoms with Gasteiger partial charge in [-0.05, 0) is 49.4 Å². The molecule has 1 atom stereocenters. The summed E-state index contributed by atoms with van der Waals surface area (Å²) in [6.07, 6.45) is 0. The zero-order valence-corrected chi connectivity index (χ0v) is 11.1. The third-order valence-corrected chi connectivity index (χ3v) is 3.37. The molecular weight excluding hydrogens is 249 g/mol. The molecule has 2 aromatic rings. The lowest BCUT2D eigenvalue weighted by Gasteiger charge is -2.12. The first-order valence-electron chi connectivity index (χ1n) is 5.84. The smallest absolute Gasteiger partial charge is 0.124 e. The van der Waals surface area contributed by atoms with Gasteiger partial charge in [-0.2, -0.15) is 0 Å². The summed E-state index contributed by atoms with van der Waals surface area (Å²) in [4.78, 5) is 0. The van der Waals surface area contributed by atoms with Gasteiger partial charge in [-0.1, -0.05) is 29.8 Å². The number of hydrogen-bond acceptors (Lipinski definition) is 1. The highest BCUT2D eigenvalue weighted by atomic mass is 35.5. The molecule has 0 fully saturated rings. The minimum absolute atomic E-state index is 0.268. The van der Waals surface area contributed by atoms with Gasteiger partial charge in [-0.15, -0.1) is 0 Å². The molecule has 1 unspecified atom stereocenters. The van der Waals surface area contributed by atoms with Gasteiger partial charge in [0.15, 0.2) is 0 Å². The average molecular weight is 264 g/mol. The van der Waals surface area contributed by atoms with Crippen molar-refractivity contribution in [3.8, 4) is 11.1 Å². The van der Waals surface area contributed by atoms with E-state index in [1.807, 2.05) is 19.2 Å². The lowest BCUT2D eigenvalue weighted by molar-refractivity contribution is 0.628. The van der Waals surface area contributed by atoms with Crippen molar-refractivity contribution in [1.82, 2.24) is 5.32 Å². The van der Waals surface area contributed by atoms with Crippen molar-refractivity contribution in [1.29, 1.82) is 0 Å². The van der Waals surface area contributed by atoms with Crippen LogP contribution in [0.2, 0.25) is 5.02 Å². The zero-order chi connectivity index (χ0) is 13.1. The van der Waals surface area contributed by atoms with Crippen molar-refractivity contribution in [3.63, 3.8) is 0 Å².